The van der Waals surface area contributed by atoms with E-state index in [0.717, 1.165) is 16.7 Å². The Morgan fingerprint density at radius 2 is 1.62 bits per heavy atom. The van der Waals surface area contributed by atoms with Gasteiger partial charge in [-0.1, -0.05) is 66.7 Å². The van der Waals surface area contributed by atoms with Crippen molar-refractivity contribution in [2.45, 2.75) is 18.1 Å². The molecule has 5 rings (SSSR count). The maximum Gasteiger partial charge on any atom is 0.341 e. The summed E-state index contributed by atoms with van der Waals surface area (Å²) >= 11 is 0. The lowest BCUT2D eigenvalue weighted by molar-refractivity contribution is -0.273. The Morgan fingerprint density at radius 3 is 2.20 bits per heavy atom. The minimum absolute atomic E-state index is 0.0504. The normalized spacial score (nSPS) is 19.4. The van der Waals surface area contributed by atoms with Crippen LogP contribution in [0.5, 0.6) is 5.75 Å². The number of carbonyl (C=O) groups excluding carboxylic acids is 1. The Morgan fingerprint density at radius 1 is 0.975 bits per heavy atom. The van der Waals surface area contributed by atoms with Crippen molar-refractivity contribution >= 4 is 12.4 Å². The van der Waals surface area contributed by atoms with E-state index in [1.54, 1.807) is 32.4 Å². The van der Waals surface area contributed by atoms with E-state index in [1.165, 1.54) is 16.2 Å². The Bertz CT molecular complexity index is 1390. The van der Waals surface area contributed by atoms with E-state index >= 15 is 0 Å². The van der Waals surface area contributed by atoms with Gasteiger partial charge in [-0.05, 0) is 52.4 Å². The van der Waals surface area contributed by atoms with Gasteiger partial charge in [0.25, 0.3) is 0 Å². The number of ether oxygens (including phenoxy) is 3. The average molecular weight is 542 g/mol. The van der Waals surface area contributed by atoms with Crippen molar-refractivity contribution in [3.63, 3.8) is 0 Å². The zero-order valence-electron chi connectivity index (χ0n) is 22.4. The van der Waals surface area contributed by atoms with Gasteiger partial charge in [-0.15, -0.1) is 0 Å². The van der Waals surface area contributed by atoms with Gasteiger partial charge in [-0.2, -0.15) is 5.06 Å². The minimum Gasteiger partial charge on any atom is -0.497 e. The molecule has 2 aliphatic carbocycles. The van der Waals surface area contributed by atoms with Crippen LogP contribution in [0.2, 0.25) is 0 Å². The number of carboxylic acids is 1. The maximum absolute atomic E-state index is 12.6. The van der Waals surface area contributed by atoms with Gasteiger partial charge in [-0.25, -0.2) is 4.79 Å². The lowest BCUT2D eigenvalue weighted by Gasteiger charge is -2.43. The minimum atomic E-state index is -1.28. The molecule has 40 heavy (non-hydrogen) atoms. The Hall–Kier alpha value is -4.40. The van der Waals surface area contributed by atoms with E-state index in [1.807, 2.05) is 48.6 Å². The van der Waals surface area contributed by atoms with E-state index in [-0.39, 0.29) is 18.4 Å². The van der Waals surface area contributed by atoms with Crippen LogP contribution in [0.3, 0.4) is 0 Å². The first-order valence-electron chi connectivity index (χ1n) is 13.0. The van der Waals surface area contributed by atoms with Gasteiger partial charge in [0, 0.05) is 25.0 Å². The van der Waals surface area contributed by atoms with Crippen LogP contribution in [0, 0.1) is 5.92 Å². The zero-order valence-corrected chi connectivity index (χ0v) is 22.4. The third kappa shape index (κ3) is 5.23. The Kier molecular flexibility index (Phi) is 8.00. The van der Waals surface area contributed by atoms with Gasteiger partial charge < -0.3 is 19.3 Å². The van der Waals surface area contributed by atoms with Crippen LogP contribution in [-0.4, -0.2) is 55.7 Å². The maximum atomic E-state index is 12.6. The van der Waals surface area contributed by atoms with Crippen molar-refractivity contribution in [2.75, 3.05) is 27.4 Å². The molecule has 0 saturated carbocycles. The second-order valence-electron chi connectivity index (χ2n) is 9.66. The average Bonchev–Trinajstić information content (AvgIpc) is 3.31. The van der Waals surface area contributed by atoms with E-state index in [9.17, 15) is 9.59 Å². The molecule has 0 spiro atoms. The third-order valence-corrected chi connectivity index (χ3v) is 7.46. The number of hydrogen-bond acceptors (Lipinski definition) is 6. The smallest absolute Gasteiger partial charge is 0.341 e. The number of methoxy groups -OCH3 is 2. The molecule has 3 aromatic rings. The summed E-state index contributed by atoms with van der Waals surface area (Å²) in [7, 11) is 3.10. The molecule has 1 N–H and O–H groups in total. The number of hydroxylamine groups is 2. The van der Waals surface area contributed by atoms with E-state index in [0.29, 0.717) is 24.3 Å². The summed E-state index contributed by atoms with van der Waals surface area (Å²) in [4.78, 5) is 29.7. The molecule has 3 aromatic carbocycles. The number of amides is 1. The molecule has 8 nitrogen and oxygen atoms in total. The van der Waals surface area contributed by atoms with Crippen molar-refractivity contribution in [2.24, 2.45) is 5.92 Å². The summed E-state index contributed by atoms with van der Waals surface area (Å²) in [6, 6.07) is 23.6. The molecule has 0 saturated heterocycles. The monoisotopic (exact) mass is 541 g/mol. The van der Waals surface area contributed by atoms with E-state index in [4.69, 9.17) is 24.2 Å². The third-order valence-electron chi connectivity index (χ3n) is 7.46. The van der Waals surface area contributed by atoms with Crippen LogP contribution in [0.25, 0.3) is 11.1 Å². The highest BCUT2D eigenvalue weighted by molar-refractivity contribution is 5.78. The van der Waals surface area contributed by atoms with Gasteiger partial charge in [0.05, 0.1) is 13.7 Å². The van der Waals surface area contributed by atoms with Gasteiger partial charge in [0.2, 0.25) is 6.41 Å². The molecule has 2 atom stereocenters. The number of fused-ring (bicyclic) bond motifs is 3. The molecule has 2 unspecified atom stereocenters. The fourth-order valence-corrected chi connectivity index (χ4v) is 5.51. The number of carbonyl (C=O) groups is 2. The highest BCUT2D eigenvalue weighted by atomic mass is 16.7. The molecular formula is C32H31NO7. The largest absolute Gasteiger partial charge is 0.497 e. The number of rotatable bonds is 12. The second-order valence-corrected chi connectivity index (χ2v) is 9.66. The Balaban J connectivity index is 1.40. The fourth-order valence-electron chi connectivity index (χ4n) is 5.51. The SMILES string of the molecule is COC1=CC(OC)(N(C=O)OCC2c3ccccc3-c3ccccc32)C(Cc2ccc(OCC(=O)O)cc2)C=C1. The number of benzene rings is 3. The predicted octanol–water partition coefficient (Wildman–Crippen LogP) is 4.95. The number of hydrogen-bond donors (Lipinski definition) is 1. The first kappa shape index (κ1) is 27.2. The van der Waals surface area contributed by atoms with Gasteiger partial charge in [0.1, 0.15) is 11.5 Å². The quantitative estimate of drug-likeness (QED) is 0.197. The fraction of sp³-hybridized carbons (Fsp3) is 0.250. The van der Waals surface area contributed by atoms with Crippen LogP contribution in [0.4, 0.5) is 0 Å². The number of carboxylic acid groups (broad SMARTS) is 1. The molecule has 0 radical (unpaired) electrons. The molecule has 206 valence electrons. The molecule has 0 bridgehead atoms. The first-order chi connectivity index (χ1) is 19.5. The molecule has 1 amide bonds. The van der Waals surface area contributed by atoms with Crippen molar-refractivity contribution in [1.82, 2.24) is 5.06 Å². The molecule has 8 heteroatoms. The molecular weight excluding hydrogens is 510 g/mol. The topological polar surface area (TPSA) is 94.5 Å². The molecule has 0 aromatic heterocycles. The Labute approximate surface area is 233 Å². The standard InChI is InChI=1S/C32H31NO7/c1-37-25-16-13-23(17-22-11-14-24(15-12-22)39-20-31(35)36)32(18-25,38-2)33(21-34)40-19-30-28-9-5-3-7-26(28)27-8-4-6-10-29(27)30/h3-16,18,21,23,30H,17,19-20H2,1-2H3,(H,35,36). The summed E-state index contributed by atoms with van der Waals surface area (Å²) in [5.74, 6) is -0.413. The van der Waals surface area contributed by atoms with Crippen LogP contribution in [0.15, 0.2) is 96.8 Å². The zero-order chi connectivity index (χ0) is 28.1. The van der Waals surface area contributed by atoms with Crippen LogP contribution >= 0.6 is 0 Å². The van der Waals surface area contributed by atoms with E-state index in [2.05, 4.69) is 24.3 Å². The van der Waals surface area contributed by atoms with Crippen LogP contribution in [-0.2, 0) is 30.3 Å². The second kappa shape index (κ2) is 11.8. The van der Waals surface area contributed by atoms with Gasteiger partial charge in [0.15, 0.2) is 12.3 Å². The van der Waals surface area contributed by atoms with Crippen LogP contribution in [0.1, 0.15) is 22.6 Å². The lowest BCUT2D eigenvalue weighted by Crippen LogP contribution is -2.55. The van der Waals surface area contributed by atoms with Crippen molar-refractivity contribution in [3.8, 4) is 16.9 Å². The predicted molar refractivity (Wildman–Crippen MR) is 148 cm³/mol. The number of aliphatic carboxylic acids is 1. The summed E-state index contributed by atoms with van der Waals surface area (Å²) in [6.45, 7) is -0.177. The van der Waals surface area contributed by atoms with Crippen molar-refractivity contribution < 1.29 is 33.7 Å². The van der Waals surface area contributed by atoms with Crippen molar-refractivity contribution in [1.29, 1.82) is 0 Å². The summed E-state index contributed by atoms with van der Waals surface area (Å²) in [5, 5.41) is 10.1. The molecule has 0 aliphatic heterocycles. The summed E-state index contributed by atoms with van der Waals surface area (Å²) in [6.07, 6.45) is 6.69. The van der Waals surface area contributed by atoms with Crippen LogP contribution < -0.4 is 4.74 Å². The first-order valence-corrected chi connectivity index (χ1v) is 13.0. The summed E-state index contributed by atoms with van der Waals surface area (Å²) < 4.78 is 16.8. The van der Waals surface area contributed by atoms with Gasteiger partial charge >= 0.3 is 5.97 Å². The molecule has 2 aliphatic rings. The summed E-state index contributed by atoms with van der Waals surface area (Å²) in [5.41, 5.74) is 4.30. The number of nitrogens with zero attached hydrogens (tertiary/aromatic N) is 1. The lowest BCUT2D eigenvalue weighted by atomic mass is 9.84. The molecule has 0 heterocycles. The van der Waals surface area contributed by atoms with Crippen molar-refractivity contribution in [3.05, 3.63) is 113 Å². The highest BCUT2D eigenvalue weighted by Crippen LogP contribution is 2.45. The van der Waals surface area contributed by atoms with E-state index < -0.39 is 18.3 Å². The molecule has 0 fully saturated rings. The number of allylic oxidation sites excluding steroid dienone is 1. The highest BCUT2D eigenvalue weighted by Gasteiger charge is 2.45. The van der Waals surface area contributed by atoms with Gasteiger partial charge in [-0.3, -0.25) is 9.63 Å².